The Morgan fingerprint density at radius 3 is 2.42 bits per heavy atom. The van der Waals surface area contributed by atoms with Crippen molar-refractivity contribution >= 4 is 28.6 Å². The summed E-state index contributed by atoms with van der Waals surface area (Å²) < 4.78 is 10.6. The molecule has 3 aromatic rings. The monoisotopic (exact) mass is 489 g/mol. The Kier molecular flexibility index (Phi) is 6.60. The van der Waals surface area contributed by atoms with Crippen molar-refractivity contribution in [2.24, 2.45) is 11.3 Å². The van der Waals surface area contributed by atoms with E-state index in [9.17, 15) is 4.79 Å². The lowest BCUT2D eigenvalue weighted by molar-refractivity contribution is 0.0939. The van der Waals surface area contributed by atoms with Gasteiger partial charge in [-0.05, 0) is 67.7 Å². The molecule has 8 heteroatoms. The molecule has 2 saturated carbocycles. The number of anilines is 2. The van der Waals surface area contributed by atoms with Crippen LogP contribution in [0, 0.1) is 11.3 Å². The third-order valence-corrected chi connectivity index (χ3v) is 7.77. The highest BCUT2D eigenvalue weighted by molar-refractivity contribution is 5.95. The summed E-state index contributed by atoms with van der Waals surface area (Å²) in [7, 11) is 7.20. The SMILES string of the molecule is COc1cc(OC)cc(C(=O)NCC2CCC3(CC2)CC3Nc2nc(N(C)C)c3ccccc3n2)c1. The van der Waals surface area contributed by atoms with Gasteiger partial charge in [0, 0.05) is 43.7 Å². The molecule has 0 saturated heterocycles. The van der Waals surface area contributed by atoms with Crippen LogP contribution in [-0.2, 0) is 0 Å². The molecule has 1 aromatic heterocycles. The molecule has 190 valence electrons. The van der Waals surface area contributed by atoms with Crippen LogP contribution in [0.5, 0.6) is 11.5 Å². The van der Waals surface area contributed by atoms with Gasteiger partial charge in [0.25, 0.3) is 5.91 Å². The normalized spacial score (nSPS) is 22.8. The number of rotatable bonds is 8. The summed E-state index contributed by atoms with van der Waals surface area (Å²) in [6.07, 6.45) is 5.70. The average Bonchev–Trinajstić information content (AvgIpc) is 3.57. The number of ether oxygens (including phenoxy) is 2. The highest BCUT2D eigenvalue weighted by Crippen LogP contribution is 2.58. The van der Waals surface area contributed by atoms with E-state index >= 15 is 0 Å². The molecule has 0 bridgehead atoms. The number of fused-ring (bicyclic) bond motifs is 1. The highest BCUT2D eigenvalue weighted by Gasteiger charge is 2.55. The van der Waals surface area contributed by atoms with E-state index in [2.05, 4.69) is 16.7 Å². The predicted molar refractivity (Wildman–Crippen MR) is 142 cm³/mol. The molecule has 1 atom stereocenters. The van der Waals surface area contributed by atoms with Gasteiger partial charge in [-0.25, -0.2) is 4.98 Å². The van der Waals surface area contributed by atoms with Crippen LogP contribution in [0.25, 0.3) is 10.9 Å². The Morgan fingerprint density at radius 1 is 1.06 bits per heavy atom. The van der Waals surface area contributed by atoms with Crippen LogP contribution in [0.1, 0.15) is 42.5 Å². The van der Waals surface area contributed by atoms with Gasteiger partial charge in [-0.3, -0.25) is 4.79 Å². The topological polar surface area (TPSA) is 88.6 Å². The third-order valence-electron chi connectivity index (χ3n) is 7.77. The van der Waals surface area contributed by atoms with E-state index in [0.29, 0.717) is 46.9 Å². The standard InChI is InChI=1S/C28H35N5O3/c1-33(2)25-22-7-5-6-8-23(22)30-27(32-25)31-24-16-28(24)11-9-18(10-12-28)17-29-26(34)19-13-20(35-3)15-21(14-19)36-4/h5-8,13-15,18,24H,9-12,16-17H2,1-4H3,(H,29,34)(H,30,31,32). The van der Waals surface area contributed by atoms with E-state index in [-0.39, 0.29) is 5.91 Å². The Bertz CT molecular complexity index is 1230. The van der Waals surface area contributed by atoms with E-state index in [1.165, 1.54) is 0 Å². The van der Waals surface area contributed by atoms with Crippen LogP contribution in [0.15, 0.2) is 42.5 Å². The molecule has 2 aliphatic carbocycles. The first-order valence-electron chi connectivity index (χ1n) is 12.6. The second-order valence-corrected chi connectivity index (χ2v) is 10.3. The van der Waals surface area contributed by atoms with Crippen molar-refractivity contribution < 1.29 is 14.3 Å². The maximum Gasteiger partial charge on any atom is 0.251 e. The van der Waals surface area contributed by atoms with Gasteiger partial charge in [0.15, 0.2) is 0 Å². The molecule has 36 heavy (non-hydrogen) atoms. The largest absolute Gasteiger partial charge is 0.497 e. The first kappa shape index (κ1) is 24.2. The summed E-state index contributed by atoms with van der Waals surface area (Å²) in [5.41, 5.74) is 1.84. The van der Waals surface area contributed by atoms with Crippen molar-refractivity contribution in [1.82, 2.24) is 15.3 Å². The smallest absolute Gasteiger partial charge is 0.251 e. The molecule has 2 fully saturated rings. The number of carbonyl (C=O) groups is 1. The van der Waals surface area contributed by atoms with Crippen molar-refractivity contribution in [3.05, 3.63) is 48.0 Å². The molecule has 2 N–H and O–H groups in total. The van der Waals surface area contributed by atoms with Gasteiger partial charge < -0.3 is 25.0 Å². The molecule has 2 aliphatic rings. The fourth-order valence-electron chi connectivity index (χ4n) is 5.46. The van der Waals surface area contributed by atoms with Crippen molar-refractivity contribution in [2.75, 3.05) is 45.1 Å². The molecule has 5 rings (SSSR count). The van der Waals surface area contributed by atoms with Crippen LogP contribution < -0.4 is 25.0 Å². The molecule has 0 aliphatic heterocycles. The number of hydrogen-bond acceptors (Lipinski definition) is 7. The Morgan fingerprint density at radius 2 is 1.75 bits per heavy atom. The van der Waals surface area contributed by atoms with E-state index < -0.39 is 0 Å². The fraction of sp³-hybridized carbons (Fsp3) is 0.464. The fourth-order valence-corrected chi connectivity index (χ4v) is 5.46. The van der Waals surface area contributed by atoms with Gasteiger partial charge in [0.05, 0.1) is 19.7 Å². The van der Waals surface area contributed by atoms with Crippen molar-refractivity contribution in [1.29, 1.82) is 0 Å². The van der Waals surface area contributed by atoms with Crippen LogP contribution >= 0.6 is 0 Å². The molecule has 1 amide bonds. The molecular formula is C28H35N5O3. The Labute approximate surface area is 212 Å². The summed E-state index contributed by atoms with van der Waals surface area (Å²) in [4.78, 5) is 24.4. The van der Waals surface area contributed by atoms with E-state index in [1.54, 1.807) is 32.4 Å². The minimum absolute atomic E-state index is 0.0939. The van der Waals surface area contributed by atoms with Gasteiger partial charge in [-0.15, -0.1) is 0 Å². The number of nitrogens with zero attached hydrogens (tertiary/aromatic N) is 3. The van der Waals surface area contributed by atoms with Crippen LogP contribution in [-0.4, -0.2) is 56.8 Å². The molecule has 1 unspecified atom stereocenters. The summed E-state index contributed by atoms with van der Waals surface area (Å²) in [6, 6.07) is 13.8. The van der Waals surface area contributed by atoms with Crippen LogP contribution in [0.3, 0.4) is 0 Å². The van der Waals surface area contributed by atoms with Gasteiger partial charge in [-0.2, -0.15) is 4.98 Å². The minimum Gasteiger partial charge on any atom is -0.497 e. The molecular weight excluding hydrogens is 454 g/mol. The zero-order valence-corrected chi connectivity index (χ0v) is 21.5. The minimum atomic E-state index is -0.0939. The lowest BCUT2D eigenvalue weighted by atomic mass is 9.79. The van der Waals surface area contributed by atoms with E-state index in [1.807, 2.05) is 37.2 Å². The van der Waals surface area contributed by atoms with Gasteiger partial charge >= 0.3 is 0 Å². The van der Waals surface area contributed by atoms with E-state index in [0.717, 1.165) is 48.8 Å². The van der Waals surface area contributed by atoms with Crippen molar-refractivity contribution in [3.63, 3.8) is 0 Å². The van der Waals surface area contributed by atoms with Gasteiger partial charge in [-0.1, -0.05) is 12.1 Å². The quantitative estimate of drug-likeness (QED) is 0.481. The molecule has 1 heterocycles. The van der Waals surface area contributed by atoms with E-state index in [4.69, 9.17) is 19.4 Å². The number of benzene rings is 2. The number of aromatic nitrogens is 2. The number of carbonyl (C=O) groups excluding carboxylic acids is 1. The first-order chi connectivity index (χ1) is 17.4. The van der Waals surface area contributed by atoms with Crippen molar-refractivity contribution in [3.8, 4) is 11.5 Å². The lowest BCUT2D eigenvalue weighted by Crippen LogP contribution is -2.32. The van der Waals surface area contributed by atoms with Gasteiger partial charge in [0.2, 0.25) is 5.95 Å². The Hall–Kier alpha value is -3.55. The third kappa shape index (κ3) is 4.90. The molecule has 1 spiro atoms. The zero-order chi connectivity index (χ0) is 25.3. The number of nitrogens with one attached hydrogen (secondary N) is 2. The summed E-state index contributed by atoms with van der Waals surface area (Å²) in [5, 5.41) is 7.81. The second-order valence-electron chi connectivity index (χ2n) is 10.3. The summed E-state index contributed by atoms with van der Waals surface area (Å²) >= 11 is 0. The summed E-state index contributed by atoms with van der Waals surface area (Å²) in [5.74, 6) is 3.27. The van der Waals surface area contributed by atoms with Crippen molar-refractivity contribution in [2.45, 2.75) is 38.1 Å². The highest BCUT2D eigenvalue weighted by atomic mass is 16.5. The number of hydrogen-bond donors (Lipinski definition) is 2. The molecule has 0 radical (unpaired) electrons. The second kappa shape index (κ2) is 9.84. The predicted octanol–water partition coefficient (Wildman–Crippen LogP) is 4.50. The number of methoxy groups -OCH3 is 2. The maximum absolute atomic E-state index is 12.7. The summed E-state index contributed by atoms with van der Waals surface area (Å²) in [6.45, 7) is 0.687. The first-order valence-corrected chi connectivity index (χ1v) is 12.6. The van der Waals surface area contributed by atoms with Gasteiger partial charge in [0.1, 0.15) is 17.3 Å². The molecule has 8 nitrogen and oxygen atoms in total. The maximum atomic E-state index is 12.7. The van der Waals surface area contributed by atoms with Crippen LogP contribution in [0.4, 0.5) is 11.8 Å². The number of para-hydroxylation sites is 1. The number of amides is 1. The lowest BCUT2D eigenvalue weighted by Gasteiger charge is -2.29. The molecule has 2 aromatic carbocycles. The zero-order valence-electron chi connectivity index (χ0n) is 21.5. The average molecular weight is 490 g/mol. The van der Waals surface area contributed by atoms with Crippen LogP contribution in [0.2, 0.25) is 0 Å². The Balaban J connectivity index is 1.15.